The number of hydrogen-bond acceptors (Lipinski definition) is 5. The van der Waals surface area contributed by atoms with Crippen LogP contribution in [0.1, 0.15) is 11.1 Å². The van der Waals surface area contributed by atoms with E-state index in [1.807, 2.05) is 0 Å². The van der Waals surface area contributed by atoms with E-state index in [1.165, 1.54) is 36.5 Å². The zero-order valence-corrected chi connectivity index (χ0v) is 12.1. The first-order valence-electron chi connectivity index (χ1n) is 6.12. The Morgan fingerprint density at radius 3 is 2.50 bits per heavy atom. The first-order chi connectivity index (χ1) is 10.4. The summed E-state index contributed by atoms with van der Waals surface area (Å²) in [5.74, 6) is 0. The maximum Gasteiger partial charge on any atom is 0.274 e. The first kappa shape index (κ1) is 15.6. The average Bonchev–Trinajstić information content (AvgIpc) is 2.47. The summed E-state index contributed by atoms with van der Waals surface area (Å²) in [5, 5.41) is 21.9. The minimum atomic E-state index is -0.535. The van der Waals surface area contributed by atoms with E-state index >= 15 is 0 Å². The van der Waals surface area contributed by atoms with Crippen LogP contribution in [0.5, 0.6) is 0 Å². The molecule has 0 bridgehead atoms. The van der Waals surface area contributed by atoms with Crippen LogP contribution in [-0.4, -0.2) is 16.1 Å². The standard InChI is InChI=1S/C14H10ClN3O4/c1-9-13(3-2-4-14(9)18(21)22)16-8-10-7-11(17(19)20)5-6-12(10)15/h2-8H,1H3. The van der Waals surface area contributed by atoms with Crippen molar-refractivity contribution in [1.82, 2.24) is 0 Å². The Balaban J connectivity index is 2.41. The summed E-state index contributed by atoms with van der Waals surface area (Å²) in [6.45, 7) is 1.58. The molecule has 0 fully saturated rings. The van der Waals surface area contributed by atoms with Crippen LogP contribution in [0, 0.1) is 27.2 Å². The summed E-state index contributed by atoms with van der Waals surface area (Å²) in [4.78, 5) is 24.8. The van der Waals surface area contributed by atoms with Crippen molar-refractivity contribution >= 4 is 34.9 Å². The lowest BCUT2D eigenvalue weighted by molar-refractivity contribution is -0.385. The van der Waals surface area contributed by atoms with Gasteiger partial charge in [-0.15, -0.1) is 0 Å². The molecule has 0 radical (unpaired) electrons. The molecule has 0 saturated carbocycles. The molecule has 0 aliphatic carbocycles. The predicted molar refractivity (Wildman–Crippen MR) is 83.2 cm³/mol. The van der Waals surface area contributed by atoms with Gasteiger partial charge in [0.25, 0.3) is 11.4 Å². The monoisotopic (exact) mass is 319 g/mol. The van der Waals surface area contributed by atoms with Crippen molar-refractivity contribution in [1.29, 1.82) is 0 Å². The van der Waals surface area contributed by atoms with Crippen LogP contribution in [0.3, 0.4) is 0 Å². The van der Waals surface area contributed by atoms with Crippen LogP contribution < -0.4 is 0 Å². The predicted octanol–water partition coefficient (Wildman–Crippen LogP) is 4.22. The fraction of sp³-hybridized carbons (Fsp3) is 0.0714. The largest absolute Gasteiger partial charge is 0.274 e. The lowest BCUT2D eigenvalue weighted by Crippen LogP contribution is -1.92. The highest BCUT2D eigenvalue weighted by Gasteiger charge is 2.13. The van der Waals surface area contributed by atoms with Crippen LogP contribution in [0.15, 0.2) is 41.4 Å². The lowest BCUT2D eigenvalue weighted by atomic mass is 10.1. The highest BCUT2D eigenvalue weighted by atomic mass is 35.5. The van der Waals surface area contributed by atoms with Crippen LogP contribution in [0.4, 0.5) is 17.1 Å². The van der Waals surface area contributed by atoms with Crippen molar-refractivity contribution in [2.24, 2.45) is 4.99 Å². The normalized spacial score (nSPS) is 10.8. The smallest absolute Gasteiger partial charge is 0.258 e. The summed E-state index contributed by atoms with van der Waals surface area (Å²) >= 11 is 5.97. The molecule has 22 heavy (non-hydrogen) atoms. The Kier molecular flexibility index (Phi) is 4.47. The van der Waals surface area contributed by atoms with E-state index in [9.17, 15) is 20.2 Å². The van der Waals surface area contributed by atoms with Gasteiger partial charge in [-0.05, 0) is 19.1 Å². The maximum absolute atomic E-state index is 10.9. The maximum atomic E-state index is 10.9. The van der Waals surface area contributed by atoms with Crippen molar-refractivity contribution in [3.63, 3.8) is 0 Å². The van der Waals surface area contributed by atoms with E-state index in [1.54, 1.807) is 13.0 Å². The topological polar surface area (TPSA) is 98.6 Å². The molecule has 0 spiro atoms. The number of rotatable bonds is 4. The van der Waals surface area contributed by atoms with Gasteiger partial charge in [0.15, 0.2) is 0 Å². The molecule has 0 amide bonds. The quantitative estimate of drug-likeness (QED) is 0.478. The highest BCUT2D eigenvalue weighted by Crippen LogP contribution is 2.28. The molecular formula is C14H10ClN3O4. The van der Waals surface area contributed by atoms with E-state index < -0.39 is 9.85 Å². The molecule has 0 heterocycles. The molecule has 0 saturated heterocycles. The fourth-order valence-electron chi connectivity index (χ4n) is 1.83. The number of halogens is 1. The molecular weight excluding hydrogens is 310 g/mol. The second-order valence-electron chi connectivity index (χ2n) is 4.40. The SMILES string of the molecule is Cc1c(N=Cc2cc([N+](=O)[O-])ccc2Cl)cccc1[N+](=O)[O-]. The third-order valence-electron chi connectivity index (χ3n) is 3.01. The molecule has 2 aromatic rings. The molecule has 8 heteroatoms. The number of aliphatic imine (C=N–C) groups is 1. The first-order valence-corrected chi connectivity index (χ1v) is 6.50. The molecule has 7 nitrogen and oxygen atoms in total. The van der Waals surface area contributed by atoms with Crippen molar-refractivity contribution in [2.45, 2.75) is 6.92 Å². The van der Waals surface area contributed by atoms with Gasteiger partial charge in [-0.3, -0.25) is 25.2 Å². The summed E-state index contributed by atoms with van der Waals surface area (Å²) in [6.07, 6.45) is 1.35. The molecule has 0 unspecified atom stereocenters. The van der Waals surface area contributed by atoms with Gasteiger partial charge in [0.05, 0.1) is 21.1 Å². The number of non-ortho nitro benzene ring substituents is 1. The van der Waals surface area contributed by atoms with E-state index in [0.29, 0.717) is 21.8 Å². The number of nitrogens with zero attached hydrogens (tertiary/aromatic N) is 3. The van der Waals surface area contributed by atoms with Crippen molar-refractivity contribution in [3.05, 3.63) is 72.8 Å². The molecule has 2 aromatic carbocycles. The van der Waals surface area contributed by atoms with Crippen LogP contribution in [0.2, 0.25) is 5.02 Å². The van der Waals surface area contributed by atoms with Crippen molar-refractivity contribution in [3.8, 4) is 0 Å². The zero-order chi connectivity index (χ0) is 16.3. The number of nitro groups is 2. The average molecular weight is 320 g/mol. The van der Waals surface area contributed by atoms with Crippen molar-refractivity contribution in [2.75, 3.05) is 0 Å². The minimum Gasteiger partial charge on any atom is -0.258 e. The molecule has 2 rings (SSSR count). The summed E-state index contributed by atoms with van der Waals surface area (Å²) in [7, 11) is 0. The minimum absolute atomic E-state index is 0.0419. The van der Waals surface area contributed by atoms with Gasteiger partial charge >= 0.3 is 0 Å². The van der Waals surface area contributed by atoms with E-state index in [2.05, 4.69) is 4.99 Å². The van der Waals surface area contributed by atoms with E-state index in [0.717, 1.165) is 0 Å². The van der Waals surface area contributed by atoms with Gasteiger partial charge < -0.3 is 0 Å². The summed E-state index contributed by atoms with van der Waals surface area (Å²) in [6, 6.07) is 8.50. The van der Waals surface area contributed by atoms with Crippen LogP contribution in [-0.2, 0) is 0 Å². The Hall–Kier alpha value is -2.80. The fourth-order valence-corrected chi connectivity index (χ4v) is 2.00. The molecule has 0 atom stereocenters. The van der Waals surface area contributed by atoms with Gasteiger partial charge in [0.1, 0.15) is 0 Å². The van der Waals surface area contributed by atoms with Gasteiger partial charge in [0.2, 0.25) is 0 Å². The van der Waals surface area contributed by atoms with Crippen LogP contribution >= 0.6 is 11.6 Å². The second-order valence-corrected chi connectivity index (χ2v) is 4.81. The van der Waals surface area contributed by atoms with Gasteiger partial charge in [-0.25, -0.2) is 0 Å². The van der Waals surface area contributed by atoms with Gasteiger partial charge in [-0.1, -0.05) is 17.7 Å². The molecule has 0 aromatic heterocycles. The van der Waals surface area contributed by atoms with E-state index in [-0.39, 0.29) is 11.4 Å². The lowest BCUT2D eigenvalue weighted by Gasteiger charge is -2.02. The Bertz CT molecular complexity index is 786. The Morgan fingerprint density at radius 2 is 1.86 bits per heavy atom. The third-order valence-corrected chi connectivity index (χ3v) is 3.35. The molecule has 0 aliphatic rings. The van der Waals surface area contributed by atoms with Gasteiger partial charge in [-0.2, -0.15) is 0 Å². The number of hydrogen-bond donors (Lipinski definition) is 0. The summed E-state index contributed by atoms with van der Waals surface area (Å²) in [5.41, 5.74) is 1.02. The van der Waals surface area contributed by atoms with Crippen LogP contribution in [0.25, 0.3) is 0 Å². The second kappa shape index (κ2) is 6.31. The van der Waals surface area contributed by atoms with Crippen molar-refractivity contribution < 1.29 is 9.85 Å². The van der Waals surface area contributed by atoms with E-state index in [4.69, 9.17) is 11.6 Å². The number of benzene rings is 2. The highest BCUT2D eigenvalue weighted by molar-refractivity contribution is 6.33. The number of nitro benzene ring substituents is 2. The molecule has 112 valence electrons. The Morgan fingerprint density at radius 1 is 1.14 bits per heavy atom. The molecule has 0 aliphatic heterocycles. The Labute approximate surface area is 130 Å². The zero-order valence-electron chi connectivity index (χ0n) is 11.4. The summed E-state index contributed by atoms with van der Waals surface area (Å²) < 4.78 is 0. The van der Waals surface area contributed by atoms with Gasteiger partial charge in [0, 0.05) is 35.0 Å². The third kappa shape index (κ3) is 3.26. The molecule has 0 N–H and O–H groups in total.